The van der Waals surface area contributed by atoms with E-state index >= 15 is 0 Å². The molecule has 0 aromatic rings. The van der Waals surface area contributed by atoms with Crippen LogP contribution in [0.25, 0.3) is 0 Å². The number of aliphatic hydroxyl groups excluding tert-OH is 1. The molecule has 0 spiro atoms. The molecule has 3 aliphatic heterocycles. The van der Waals surface area contributed by atoms with E-state index in [-0.39, 0.29) is 36.0 Å². The van der Waals surface area contributed by atoms with E-state index in [0.717, 1.165) is 19.4 Å². The average Bonchev–Trinajstić information content (AvgIpc) is 3.17. The van der Waals surface area contributed by atoms with E-state index in [4.69, 9.17) is 0 Å². The van der Waals surface area contributed by atoms with Crippen LogP contribution in [0.1, 0.15) is 39.5 Å². The number of nitrogens with zero attached hydrogens (tertiary/aromatic N) is 3. The molecule has 3 fully saturated rings. The maximum absolute atomic E-state index is 12.6. The number of hydrogen-bond acceptors (Lipinski definition) is 5. The van der Waals surface area contributed by atoms with E-state index in [1.165, 1.54) is 0 Å². The van der Waals surface area contributed by atoms with Gasteiger partial charge >= 0.3 is 0 Å². The Bertz CT molecular complexity index is 513. The van der Waals surface area contributed by atoms with Crippen molar-refractivity contribution in [1.29, 1.82) is 0 Å². The molecule has 0 aromatic heterocycles. The third-order valence-electron chi connectivity index (χ3n) is 6.16. The number of carbonyl (C=O) groups is 2. The van der Waals surface area contributed by atoms with Gasteiger partial charge in [0.05, 0.1) is 6.10 Å². The van der Waals surface area contributed by atoms with E-state index < -0.39 is 0 Å². The number of β-amino-alcohol motifs (C(OH)–C–C–N with tert-alkyl or cyclic N) is 1. The number of nitrogens with one attached hydrogen (secondary N) is 1. The summed E-state index contributed by atoms with van der Waals surface area (Å²) < 4.78 is 0. The molecule has 4 unspecified atom stereocenters. The van der Waals surface area contributed by atoms with Gasteiger partial charge in [0.15, 0.2) is 0 Å². The molecular weight excluding hydrogens is 320 g/mol. The summed E-state index contributed by atoms with van der Waals surface area (Å²) >= 11 is 0. The molecule has 0 aromatic carbocycles. The number of amides is 2. The minimum Gasteiger partial charge on any atom is -0.391 e. The van der Waals surface area contributed by atoms with Gasteiger partial charge in [0.25, 0.3) is 0 Å². The quantitative estimate of drug-likeness (QED) is 0.723. The Balaban J connectivity index is 1.60. The van der Waals surface area contributed by atoms with Crippen LogP contribution in [-0.4, -0.2) is 95.1 Å². The first-order chi connectivity index (χ1) is 11.9. The molecule has 2 amide bonds. The molecule has 0 bridgehead atoms. The first kappa shape index (κ1) is 18.6. The summed E-state index contributed by atoms with van der Waals surface area (Å²) in [5.41, 5.74) is 0. The van der Waals surface area contributed by atoms with Crippen molar-refractivity contribution in [1.82, 2.24) is 20.0 Å². The van der Waals surface area contributed by atoms with Crippen LogP contribution in [0.15, 0.2) is 0 Å². The zero-order valence-corrected chi connectivity index (χ0v) is 15.6. The van der Waals surface area contributed by atoms with Crippen molar-refractivity contribution in [3.05, 3.63) is 0 Å². The van der Waals surface area contributed by atoms with Gasteiger partial charge in [-0.15, -0.1) is 0 Å². The zero-order chi connectivity index (χ0) is 18.1. The van der Waals surface area contributed by atoms with Gasteiger partial charge in [-0.25, -0.2) is 0 Å². The smallest absolute Gasteiger partial charge is 0.239 e. The topological polar surface area (TPSA) is 76.1 Å². The minimum atomic E-state index is -0.370. The number of likely N-dealkylation sites (tertiary alicyclic amines) is 2. The first-order valence-corrected chi connectivity index (χ1v) is 9.59. The van der Waals surface area contributed by atoms with Gasteiger partial charge < -0.3 is 15.3 Å². The standard InChI is InChI=1S/C18H32N4O3/c1-12(2)22-9-7-15-17(22)18(25)19-10-13(20(15)3)4-5-16(24)21-8-6-14(23)11-21/h12-15,17,23H,4-11H2,1-3H3,(H,19,25). The Hall–Kier alpha value is -1.18. The lowest BCUT2D eigenvalue weighted by Crippen LogP contribution is -2.51. The van der Waals surface area contributed by atoms with Gasteiger partial charge in [-0.1, -0.05) is 0 Å². The molecule has 0 radical (unpaired) electrons. The van der Waals surface area contributed by atoms with Crippen LogP contribution in [-0.2, 0) is 9.59 Å². The molecule has 2 N–H and O–H groups in total. The molecule has 0 aliphatic carbocycles. The largest absolute Gasteiger partial charge is 0.391 e. The van der Waals surface area contributed by atoms with Crippen LogP contribution in [0.5, 0.6) is 0 Å². The van der Waals surface area contributed by atoms with Crippen LogP contribution in [0.3, 0.4) is 0 Å². The monoisotopic (exact) mass is 352 g/mol. The third kappa shape index (κ3) is 3.83. The molecule has 25 heavy (non-hydrogen) atoms. The highest BCUT2D eigenvalue weighted by Crippen LogP contribution is 2.28. The summed E-state index contributed by atoms with van der Waals surface area (Å²) in [5.74, 6) is 0.242. The molecule has 4 atom stereocenters. The highest BCUT2D eigenvalue weighted by Gasteiger charge is 2.45. The Labute approximate surface area is 150 Å². The summed E-state index contributed by atoms with van der Waals surface area (Å²) in [4.78, 5) is 31.3. The molecule has 7 nitrogen and oxygen atoms in total. The van der Waals surface area contributed by atoms with E-state index in [9.17, 15) is 14.7 Å². The van der Waals surface area contributed by atoms with Crippen molar-refractivity contribution in [2.45, 2.75) is 69.8 Å². The number of carbonyl (C=O) groups excluding carboxylic acids is 2. The number of likely N-dealkylation sites (N-methyl/N-ethyl adjacent to an activating group) is 1. The Morgan fingerprint density at radius 3 is 2.72 bits per heavy atom. The fraction of sp³-hybridized carbons (Fsp3) is 0.889. The van der Waals surface area contributed by atoms with E-state index in [1.54, 1.807) is 4.90 Å². The first-order valence-electron chi connectivity index (χ1n) is 9.59. The SMILES string of the molecule is CC(C)N1CCC2C1C(=O)NCC(CCC(=O)N1CCC(O)C1)N2C. The lowest BCUT2D eigenvalue weighted by molar-refractivity contribution is -0.131. The van der Waals surface area contributed by atoms with Crippen LogP contribution in [0, 0.1) is 0 Å². The lowest BCUT2D eigenvalue weighted by atomic mass is 10.0. The molecular formula is C18H32N4O3. The normalized spacial score (nSPS) is 34.3. The summed E-state index contributed by atoms with van der Waals surface area (Å²) in [7, 11) is 2.09. The van der Waals surface area contributed by atoms with Crippen LogP contribution >= 0.6 is 0 Å². The third-order valence-corrected chi connectivity index (χ3v) is 6.16. The van der Waals surface area contributed by atoms with E-state index in [2.05, 4.69) is 36.0 Å². The van der Waals surface area contributed by atoms with Gasteiger partial charge in [-0.2, -0.15) is 0 Å². The predicted molar refractivity (Wildman–Crippen MR) is 95.0 cm³/mol. The fourth-order valence-corrected chi connectivity index (χ4v) is 4.59. The van der Waals surface area contributed by atoms with Gasteiger partial charge in [0, 0.05) is 50.7 Å². The van der Waals surface area contributed by atoms with E-state index in [0.29, 0.717) is 38.5 Å². The molecule has 142 valence electrons. The second-order valence-corrected chi connectivity index (χ2v) is 8.02. The number of fused-ring (bicyclic) bond motifs is 1. The maximum atomic E-state index is 12.6. The summed E-state index contributed by atoms with van der Waals surface area (Å²) in [6, 6.07) is 0.675. The fourth-order valence-electron chi connectivity index (χ4n) is 4.59. The second kappa shape index (κ2) is 7.60. The van der Waals surface area contributed by atoms with Crippen molar-refractivity contribution in [3.63, 3.8) is 0 Å². The molecule has 3 rings (SSSR count). The Morgan fingerprint density at radius 1 is 1.32 bits per heavy atom. The summed E-state index contributed by atoms with van der Waals surface area (Å²) in [5, 5.41) is 12.7. The van der Waals surface area contributed by atoms with Crippen LogP contribution in [0.2, 0.25) is 0 Å². The number of aliphatic hydroxyl groups is 1. The molecule has 0 saturated carbocycles. The number of rotatable bonds is 4. The average molecular weight is 352 g/mol. The highest BCUT2D eigenvalue weighted by molar-refractivity contribution is 5.83. The lowest BCUT2D eigenvalue weighted by Gasteiger charge is -2.34. The van der Waals surface area contributed by atoms with Crippen molar-refractivity contribution in [3.8, 4) is 0 Å². The molecule has 3 aliphatic rings. The molecule has 3 heterocycles. The van der Waals surface area contributed by atoms with Crippen LogP contribution in [0.4, 0.5) is 0 Å². The van der Waals surface area contributed by atoms with Crippen molar-refractivity contribution >= 4 is 11.8 Å². The van der Waals surface area contributed by atoms with Crippen molar-refractivity contribution in [2.24, 2.45) is 0 Å². The molecule has 3 saturated heterocycles. The van der Waals surface area contributed by atoms with Crippen LogP contribution < -0.4 is 5.32 Å². The van der Waals surface area contributed by atoms with Crippen molar-refractivity contribution in [2.75, 3.05) is 33.2 Å². The minimum absolute atomic E-state index is 0.0839. The zero-order valence-electron chi connectivity index (χ0n) is 15.6. The predicted octanol–water partition coefficient (Wildman–Crippen LogP) is -0.359. The number of hydrogen-bond donors (Lipinski definition) is 2. The Kier molecular flexibility index (Phi) is 5.65. The summed E-state index contributed by atoms with van der Waals surface area (Å²) in [6.45, 7) is 6.95. The second-order valence-electron chi connectivity index (χ2n) is 8.02. The Morgan fingerprint density at radius 2 is 2.08 bits per heavy atom. The van der Waals surface area contributed by atoms with E-state index in [1.807, 2.05) is 0 Å². The van der Waals surface area contributed by atoms with Crippen molar-refractivity contribution < 1.29 is 14.7 Å². The highest BCUT2D eigenvalue weighted by atomic mass is 16.3. The summed E-state index contributed by atoms with van der Waals surface area (Å²) in [6.07, 6.45) is 2.52. The van der Waals surface area contributed by atoms with Gasteiger partial charge in [0.1, 0.15) is 6.04 Å². The van der Waals surface area contributed by atoms with Gasteiger partial charge in [-0.3, -0.25) is 19.4 Å². The van der Waals surface area contributed by atoms with Gasteiger partial charge in [0.2, 0.25) is 11.8 Å². The molecule has 7 heteroatoms. The maximum Gasteiger partial charge on any atom is 0.239 e. The van der Waals surface area contributed by atoms with Gasteiger partial charge in [-0.05, 0) is 40.2 Å².